The van der Waals surface area contributed by atoms with Gasteiger partial charge < -0.3 is 0 Å². The van der Waals surface area contributed by atoms with Crippen molar-refractivity contribution >= 4 is 0 Å². The van der Waals surface area contributed by atoms with Gasteiger partial charge in [-0.3, -0.25) is 0 Å². The molecule has 0 nitrogen and oxygen atoms in total. The van der Waals surface area contributed by atoms with Gasteiger partial charge in [0.15, 0.2) is 0 Å². The Bertz CT molecular complexity index is 3180. The van der Waals surface area contributed by atoms with Gasteiger partial charge in [0, 0.05) is 0 Å². The molecule has 0 radical (unpaired) electrons. The summed E-state index contributed by atoms with van der Waals surface area (Å²) in [6, 6.07) is 51.3. The number of hydrogen-bond donors (Lipinski definition) is 0. The van der Waals surface area contributed by atoms with Crippen LogP contribution in [-0.2, 0) is 37.9 Å². The van der Waals surface area contributed by atoms with Crippen molar-refractivity contribution in [2.45, 2.75) is 331 Å². The summed E-state index contributed by atoms with van der Waals surface area (Å²) in [5, 5.41) is 0. The topological polar surface area (TPSA) is 0 Å². The second-order valence-electron chi connectivity index (χ2n) is 35.6. The first-order valence-electron chi connectivity index (χ1n) is 35.3. The van der Waals surface area contributed by atoms with Gasteiger partial charge in [0.25, 0.3) is 0 Å². The Morgan fingerprint density at radius 2 is 0.554 bits per heavy atom. The fraction of sp³-hybridized carbons (Fsp3) is 0.543. The summed E-state index contributed by atoms with van der Waals surface area (Å²) >= 11 is 0. The van der Waals surface area contributed by atoms with E-state index in [1.54, 1.807) is 0 Å². The summed E-state index contributed by atoms with van der Waals surface area (Å²) < 4.78 is 0. The average molecular weight is 1250 g/mol. The molecule has 0 aromatic heterocycles. The monoisotopic (exact) mass is 1250 g/mol. The van der Waals surface area contributed by atoms with E-state index >= 15 is 0 Å². The highest BCUT2D eigenvalue weighted by atomic mass is 14.3. The molecule has 0 saturated carbocycles. The molecule has 0 heterocycles. The van der Waals surface area contributed by atoms with E-state index in [0.717, 1.165) is 0 Å². The van der Waals surface area contributed by atoms with Gasteiger partial charge in [-0.25, -0.2) is 0 Å². The molecular weight excluding hydrogens is 1110 g/mol. The van der Waals surface area contributed by atoms with Crippen LogP contribution in [0, 0.1) is 48.5 Å². The van der Waals surface area contributed by atoms with Crippen molar-refractivity contribution in [1.29, 1.82) is 0 Å². The van der Waals surface area contributed by atoms with Crippen molar-refractivity contribution in [2.75, 3.05) is 0 Å². The van der Waals surface area contributed by atoms with Gasteiger partial charge in [0.05, 0.1) is 0 Å². The first kappa shape index (κ1) is 84.6. The summed E-state index contributed by atoms with van der Waals surface area (Å²) in [6.07, 6.45) is 0. The maximum absolute atomic E-state index is 2.40. The van der Waals surface area contributed by atoms with Crippen LogP contribution in [-0.4, -0.2) is 0 Å². The van der Waals surface area contributed by atoms with Crippen molar-refractivity contribution in [3.8, 4) is 0 Å². The summed E-state index contributed by atoms with van der Waals surface area (Å²) in [4.78, 5) is 0. The predicted octanol–water partition coefficient (Wildman–Crippen LogP) is 28.7. The maximum atomic E-state index is 2.40. The van der Waals surface area contributed by atoms with Crippen LogP contribution < -0.4 is 0 Å². The lowest BCUT2D eigenvalue weighted by molar-refractivity contribution is 0.561. The van der Waals surface area contributed by atoms with Crippen LogP contribution in [0.4, 0.5) is 0 Å². The third kappa shape index (κ3) is 29.0. The van der Waals surface area contributed by atoms with Crippen molar-refractivity contribution < 1.29 is 0 Å². The zero-order valence-electron chi connectivity index (χ0n) is 67.2. The third-order valence-electron chi connectivity index (χ3n) is 17.5. The van der Waals surface area contributed by atoms with Crippen molar-refractivity contribution in [3.63, 3.8) is 0 Å². The first-order valence-corrected chi connectivity index (χ1v) is 35.3. The molecular formula is C92H142. The Labute approximate surface area is 572 Å². The SMILES string of the molecule is Cc1c(C(C)(C)C)cccc1C(C)(C)C.Cc1c(C(C)C)cc(C(C)C)cc1C(C)C.Cc1cc(C(C)C)cc(C(C)C)c1.Cc1ccc(C(C)(C)C)cc1.Cc1ccc(C(C)(C)C)cc1C(C)(C)C.Cc1cccc(C(C)(C)C)c1.Cc1ccccc1C(C)(C)C. The Kier molecular flexibility index (Phi) is 32.5. The van der Waals surface area contributed by atoms with Crippen LogP contribution in [0.3, 0.4) is 0 Å². The fourth-order valence-corrected chi connectivity index (χ4v) is 11.6. The Morgan fingerprint density at radius 1 is 0.217 bits per heavy atom. The van der Waals surface area contributed by atoms with Gasteiger partial charge in [0.2, 0.25) is 0 Å². The zero-order valence-corrected chi connectivity index (χ0v) is 67.2. The number of rotatable bonds is 5. The number of aryl methyl sites for hydroxylation is 5. The average Bonchev–Trinajstić information content (AvgIpc) is 0.832. The Balaban J connectivity index is 0.000000539. The summed E-state index contributed by atoms with van der Waals surface area (Å²) in [6.45, 7) is 85.5. The number of benzene rings is 7. The van der Waals surface area contributed by atoms with Gasteiger partial charge in [-0.15, -0.1) is 0 Å². The molecule has 0 N–H and O–H groups in total. The molecule has 0 amide bonds. The fourth-order valence-electron chi connectivity index (χ4n) is 11.6. The highest BCUT2D eigenvalue weighted by Gasteiger charge is 2.24. The molecule has 7 rings (SSSR count). The summed E-state index contributed by atoms with van der Waals surface area (Å²) in [5.74, 6) is 3.14. The van der Waals surface area contributed by atoms with Crippen LogP contribution in [0.2, 0.25) is 0 Å². The van der Waals surface area contributed by atoms with Crippen molar-refractivity contribution in [1.82, 2.24) is 0 Å². The van der Waals surface area contributed by atoms with Crippen LogP contribution in [0.25, 0.3) is 0 Å². The van der Waals surface area contributed by atoms with E-state index in [-0.39, 0.29) is 37.9 Å². The van der Waals surface area contributed by atoms with Crippen molar-refractivity contribution in [2.24, 2.45) is 0 Å². The van der Waals surface area contributed by atoms with E-state index in [4.69, 9.17) is 0 Å². The molecule has 0 spiro atoms. The smallest absolute Gasteiger partial charge is 0.0129 e. The van der Waals surface area contributed by atoms with Crippen molar-refractivity contribution in [3.05, 3.63) is 245 Å². The van der Waals surface area contributed by atoms with Gasteiger partial charge in [-0.2, -0.15) is 0 Å². The Hall–Kier alpha value is -5.46. The van der Waals surface area contributed by atoms with E-state index in [1.165, 1.54) is 106 Å². The van der Waals surface area contributed by atoms with E-state index in [2.05, 4.69) is 403 Å². The van der Waals surface area contributed by atoms with Crippen LogP contribution >= 0.6 is 0 Å². The second-order valence-corrected chi connectivity index (χ2v) is 35.6. The van der Waals surface area contributed by atoms with E-state index < -0.39 is 0 Å². The molecule has 0 fully saturated rings. The summed E-state index contributed by atoms with van der Waals surface area (Å²) in [5.41, 5.74) is 29.2. The minimum atomic E-state index is 0.241. The third-order valence-corrected chi connectivity index (χ3v) is 17.5. The van der Waals surface area contributed by atoms with Crippen LogP contribution in [0.5, 0.6) is 0 Å². The molecule has 0 saturated heterocycles. The van der Waals surface area contributed by atoms with E-state index in [0.29, 0.717) is 29.6 Å². The highest BCUT2D eigenvalue weighted by molar-refractivity contribution is 5.44. The molecule has 0 aliphatic rings. The standard InChI is InChI=1S/C16H26.2C15H24.C13H20.3C11H16/c1-10(2)14-8-15(11(3)4)13(7)16(9-14)12(5)6;1-11-8-9-12(14(2,3)4)10-13(11)15(5,6)7;1-11-12(14(2,3)4)9-8-10-13(11)15(5,6)7;1-9(2)12-6-11(5)7-13(8-12)10(3)4;1-9-5-7-10(8-6-9)11(2,3)4;1-9-6-5-7-10(8-9)11(2,3)4;1-9-7-5-6-8-10(9)11(2,3)4/h8-12H,1-7H3;2*8-10H,1-7H3;6-10H,1-5H3;3*5-8H,1-4H3. The molecule has 0 atom stereocenters. The lowest BCUT2D eigenvalue weighted by Gasteiger charge is -2.28. The quantitative estimate of drug-likeness (QED) is 0.161. The van der Waals surface area contributed by atoms with Gasteiger partial charge in [0.1, 0.15) is 0 Å². The number of hydrogen-bond acceptors (Lipinski definition) is 0. The molecule has 92 heavy (non-hydrogen) atoms. The molecule has 0 unspecified atom stereocenters. The molecule has 0 aliphatic heterocycles. The van der Waals surface area contributed by atoms with Gasteiger partial charge >= 0.3 is 0 Å². The molecule has 0 bridgehead atoms. The zero-order chi connectivity index (χ0) is 71.6. The lowest BCUT2D eigenvalue weighted by atomic mass is 9.77. The maximum Gasteiger partial charge on any atom is -0.0129 e. The normalized spacial score (nSPS) is 12.1. The van der Waals surface area contributed by atoms with Crippen LogP contribution in [0.15, 0.2) is 140 Å². The predicted molar refractivity (Wildman–Crippen MR) is 420 cm³/mol. The minimum Gasteiger partial charge on any atom is -0.0620 e. The lowest BCUT2D eigenvalue weighted by Crippen LogP contribution is -2.19. The van der Waals surface area contributed by atoms with Crippen LogP contribution in [0.1, 0.15) is 350 Å². The minimum absolute atomic E-state index is 0.241. The molecule has 0 aliphatic carbocycles. The largest absolute Gasteiger partial charge is 0.0620 e. The van der Waals surface area contributed by atoms with Gasteiger partial charge in [-0.1, -0.05) is 371 Å². The molecule has 7 aromatic carbocycles. The van der Waals surface area contributed by atoms with E-state index in [9.17, 15) is 0 Å². The molecule has 0 heteroatoms. The summed E-state index contributed by atoms with van der Waals surface area (Å²) in [7, 11) is 0. The molecule has 7 aromatic rings. The van der Waals surface area contributed by atoms with E-state index in [1.807, 2.05) is 0 Å². The first-order chi connectivity index (χ1) is 41.6. The molecule has 510 valence electrons. The van der Waals surface area contributed by atoms with Gasteiger partial charge in [-0.05, 0) is 205 Å². The second kappa shape index (κ2) is 35.3. The Morgan fingerprint density at radius 3 is 0.880 bits per heavy atom. The highest BCUT2D eigenvalue weighted by Crippen LogP contribution is 2.35.